The number of aromatic nitrogens is 1. The third-order valence-electron chi connectivity index (χ3n) is 6.77. The number of fused-ring (bicyclic) bond motifs is 4. The Labute approximate surface area is 185 Å². The van der Waals surface area contributed by atoms with Crippen LogP contribution in [0.3, 0.4) is 0 Å². The van der Waals surface area contributed by atoms with Gasteiger partial charge in [0.15, 0.2) is 11.3 Å². The number of aromatic carboxylic acids is 1. The largest absolute Gasteiger partial charge is 0.491 e. The molecule has 0 amide bonds. The first-order chi connectivity index (χ1) is 15.6. The van der Waals surface area contributed by atoms with E-state index < -0.39 is 35.0 Å². The summed E-state index contributed by atoms with van der Waals surface area (Å²) in [5.41, 5.74) is 6.48. The predicted molar refractivity (Wildman–Crippen MR) is 110 cm³/mol. The van der Waals surface area contributed by atoms with Gasteiger partial charge in [0.1, 0.15) is 0 Å². The van der Waals surface area contributed by atoms with Crippen molar-refractivity contribution in [3.05, 3.63) is 45.2 Å². The summed E-state index contributed by atoms with van der Waals surface area (Å²) in [6, 6.07) is 5.84. The van der Waals surface area contributed by atoms with Crippen LogP contribution in [0.4, 0.5) is 18.9 Å². The highest BCUT2D eigenvalue weighted by molar-refractivity contribution is 5.94. The molecule has 2 fully saturated rings. The Kier molecular flexibility index (Phi) is 4.78. The highest BCUT2D eigenvalue weighted by Gasteiger charge is 2.53. The molecule has 0 unspecified atom stereocenters. The summed E-state index contributed by atoms with van der Waals surface area (Å²) in [6.45, 7) is 1.72. The second kappa shape index (κ2) is 7.34. The minimum Gasteiger partial charge on any atom is -0.477 e. The van der Waals surface area contributed by atoms with Crippen molar-refractivity contribution in [2.75, 3.05) is 18.0 Å². The average Bonchev–Trinajstić information content (AvgIpc) is 3.16. The van der Waals surface area contributed by atoms with Gasteiger partial charge in [-0.05, 0) is 48.8 Å². The molecule has 2 heterocycles. The molecule has 2 aromatic rings. The van der Waals surface area contributed by atoms with Crippen molar-refractivity contribution in [3.8, 4) is 17.0 Å². The number of hydrogen-bond donors (Lipinski definition) is 3. The number of nitrogens with one attached hydrogen (secondary N) is 1. The van der Waals surface area contributed by atoms with Crippen molar-refractivity contribution in [2.45, 2.75) is 31.5 Å². The van der Waals surface area contributed by atoms with E-state index >= 15 is 0 Å². The number of nitrogens with two attached hydrogens (primary N) is 1. The molecule has 5 rings (SSSR count). The maximum Gasteiger partial charge on any atom is 0.491 e. The SMILES string of the molecule is N[C@@H]1[C@H]2CN(c3ccc4c(c3)CCCc3c-4[nH]c(=O)c(C(=O)O)c3OC(=O)C(F)(F)F)C[C@@H]12. The molecule has 1 saturated carbocycles. The first kappa shape index (κ1) is 21.5. The molecule has 11 heteroatoms. The highest BCUT2D eigenvalue weighted by Crippen LogP contribution is 2.46. The quantitative estimate of drug-likeness (QED) is 0.595. The van der Waals surface area contributed by atoms with Crippen molar-refractivity contribution in [1.29, 1.82) is 0 Å². The smallest absolute Gasteiger partial charge is 0.477 e. The molecule has 3 aliphatic rings. The maximum absolute atomic E-state index is 12.8. The molecular formula is C22H20F3N3O5. The maximum atomic E-state index is 12.8. The molecule has 0 bridgehead atoms. The van der Waals surface area contributed by atoms with Crippen LogP contribution in [0.1, 0.15) is 27.9 Å². The van der Waals surface area contributed by atoms with Gasteiger partial charge in [0.2, 0.25) is 0 Å². The first-order valence-electron chi connectivity index (χ1n) is 10.5. The number of benzene rings is 1. The van der Waals surface area contributed by atoms with Crippen molar-refractivity contribution < 1.29 is 32.6 Å². The molecule has 4 N–H and O–H groups in total. The Morgan fingerprint density at radius 3 is 2.52 bits per heavy atom. The zero-order valence-corrected chi connectivity index (χ0v) is 17.2. The zero-order chi connectivity index (χ0) is 23.7. The number of H-pyrrole nitrogens is 1. The van der Waals surface area contributed by atoms with Crippen molar-refractivity contribution in [1.82, 2.24) is 4.98 Å². The lowest BCUT2D eigenvalue weighted by molar-refractivity contribution is -0.189. The second-order valence-corrected chi connectivity index (χ2v) is 8.71. The number of carbonyl (C=O) groups is 2. The molecule has 1 aromatic heterocycles. The number of carboxylic acids is 1. The van der Waals surface area contributed by atoms with E-state index in [0.29, 0.717) is 30.2 Å². The lowest BCUT2D eigenvalue weighted by atomic mass is 9.99. The predicted octanol–water partition coefficient (Wildman–Crippen LogP) is 2.09. The van der Waals surface area contributed by atoms with Crippen LogP contribution in [0.15, 0.2) is 23.0 Å². The molecule has 33 heavy (non-hydrogen) atoms. The van der Waals surface area contributed by atoms with Crippen molar-refractivity contribution in [2.24, 2.45) is 17.6 Å². The number of pyridine rings is 1. The number of esters is 1. The number of hydrogen-bond acceptors (Lipinski definition) is 6. The molecule has 1 saturated heterocycles. The van der Waals surface area contributed by atoms with E-state index in [0.717, 1.165) is 24.3 Å². The molecule has 8 nitrogen and oxygen atoms in total. The van der Waals surface area contributed by atoms with Crippen LogP contribution in [-0.2, 0) is 17.6 Å². The molecule has 2 aliphatic carbocycles. The summed E-state index contributed by atoms with van der Waals surface area (Å²) in [7, 11) is 0. The molecular weight excluding hydrogens is 443 g/mol. The van der Waals surface area contributed by atoms with Crippen LogP contribution in [0.25, 0.3) is 11.3 Å². The van der Waals surface area contributed by atoms with E-state index in [-0.39, 0.29) is 23.7 Å². The molecule has 0 spiro atoms. The van der Waals surface area contributed by atoms with E-state index in [2.05, 4.69) is 14.6 Å². The number of anilines is 1. The number of carboxylic acid groups (broad SMARTS) is 1. The van der Waals surface area contributed by atoms with Gasteiger partial charge in [-0.3, -0.25) is 4.79 Å². The number of alkyl halides is 3. The third-order valence-corrected chi connectivity index (χ3v) is 6.77. The highest BCUT2D eigenvalue weighted by atomic mass is 19.4. The Bertz CT molecular complexity index is 1230. The number of rotatable bonds is 3. The molecule has 3 atom stereocenters. The number of aromatic amines is 1. The van der Waals surface area contributed by atoms with E-state index in [4.69, 9.17) is 5.73 Å². The average molecular weight is 463 g/mol. The summed E-state index contributed by atoms with van der Waals surface area (Å²) in [6.07, 6.45) is -4.21. The van der Waals surface area contributed by atoms with Gasteiger partial charge in [-0.25, -0.2) is 9.59 Å². The van der Waals surface area contributed by atoms with Gasteiger partial charge < -0.3 is 25.5 Å². The van der Waals surface area contributed by atoms with Gasteiger partial charge in [-0.2, -0.15) is 13.2 Å². The first-order valence-corrected chi connectivity index (χ1v) is 10.5. The van der Waals surface area contributed by atoms with E-state index in [9.17, 15) is 32.7 Å². The summed E-state index contributed by atoms with van der Waals surface area (Å²) < 4.78 is 43.0. The zero-order valence-electron chi connectivity index (χ0n) is 17.2. The fourth-order valence-electron chi connectivity index (χ4n) is 5.01. The Hall–Kier alpha value is -3.34. The van der Waals surface area contributed by atoms with Crippen molar-refractivity contribution in [3.63, 3.8) is 0 Å². The monoisotopic (exact) mass is 463 g/mol. The molecule has 174 valence electrons. The fraction of sp³-hybridized carbons (Fsp3) is 0.409. The van der Waals surface area contributed by atoms with E-state index in [1.54, 1.807) is 6.07 Å². The van der Waals surface area contributed by atoms with Crippen LogP contribution in [-0.4, -0.2) is 47.3 Å². The van der Waals surface area contributed by atoms with Crippen LogP contribution in [0.5, 0.6) is 5.75 Å². The van der Waals surface area contributed by atoms with Gasteiger partial charge in [0.25, 0.3) is 5.56 Å². The standard InChI is InChI=1S/C22H20F3N3O5/c23-22(24,25)21(32)33-18-12-3-1-2-9-6-10(28-7-13-14(8-28)16(13)26)4-5-11(9)17(12)27-19(29)15(18)20(30)31/h4-6,13-14,16H,1-3,7-8,26H2,(H,27,29)(H,30,31)/t13-,14+,16+. The van der Waals surface area contributed by atoms with Gasteiger partial charge in [-0.15, -0.1) is 0 Å². The van der Waals surface area contributed by atoms with Gasteiger partial charge in [-0.1, -0.05) is 6.07 Å². The van der Waals surface area contributed by atoms with E-state index in [1.807, 2.05) is 12.1 Å². The third kappa shape index (κ3) is 3.56. The summed E-state index contributed by atoms with van der Waals surface area (Å²) in [5.74, 6) is -4.24. The number of carbonyl (C=O) groups excluding carboxylic acids is 1. The second-order valence-electron chi connectivity index (χ2n) is 8.71. The topological polar surface area (TPSA) is 126 Å². The van der Waals surface area contributed by atoms with Gasteiger partial charge in [0.05, 0.1) is 5.69 Å². The minimum absolute atomic E-state index is 0.0597. The van der Waals surface area contributed by atoms with Gasteiger partial charge in [0, 0.05) is 35.9 Å². The fourth-order valence-corrected chi connectivity index (χ4v) is 5.01. The minimum atomic E-state index is -5.35. The number of aryl methyl sites for hydroxylation is 1. The molecule has 0 radical (unpaired) electrons. The molecule has 1 aromatic carbocycles. The Balaban J connectivity index is 1.59. The normalized spacial score (nSPS) is 23.3. The van der Waals surface area contributed by atoms with Crippen molar-refractivity contribution >= 4 is 17.6 Å². The molecule has 1 aliphatic heterocycles. The number of piperidine rings is 1. The number of halogens is 3. The van der Waals surface area contributed by atoms with Crippen LogP contribution < -0.4 is 20.9 Å². The summed E-state index contributed by atoms with van der Waals surface area (Å²) in [5, 5.41) is 9.42. The van der Waals surface area contributed by atoms with Crippen LogP contribution >= 0.6 is 0 Å². The van der Waals surface area contributed by atoms with Gasteiger partial charge >= 0.3 is 18.1 Å². The Morgan fingerprint density at radius 2 is 1.88 bits per heavy atom. The Morgan fingerprint density at radius 1 is 1.18 bits per heavy atom. The van der Waals surface area contributed by atoms with Crippen LogP contribution in [0, 0.1) is 11.8 Å². The lowest BCUT2D eigenvalue weighted by Crippen LogP contribution is -2.31. The van der Waals surface area contributed by atoms with Crippen LogP contribution in [0.2, 0.25) is 0 Å². The number of ether oxygens (including phenoxy) is 1. The lowest BCUT2D eigenvalue weighted by Gasteiger charge is -2.23. The number of nitrogens with zero attached hydrogens (tertiary/aromatic N) is 1. The summed E-state index contributed by atoms with van der Waals surface area (Å²) >= 11 is 0. The summed E-state index contributed by atoms with van der Waals surface area (Å²) in [4.78, 5) is 40.4. The van der Waals surface area contributed by atoms with E-state index in [1.165, 1.54) is 0 Å².